The summed E-state index contributed by atoms with van der Waals surface area (Å²) in [6.07, 6.45) is 2.67. The summed E-state index contributed by atoms with van der Waals surface area (Å²) in [5.41, 5.74) is 0.281. The van der Waals surface area contributed by atoms with Crippen LogP contribution >= 0.6 is 15.9 Å². The number of pyridine rings is 2. The number of nitrogens with zero attached hydrogens (tertiary/aromatic N) is 2. The van der Waals surface area contributed by atoms with Gasteiger partial charge in [-0.1, -0.05) is 0 Å². The second kappa shape index (κ2) is 5.57. The van der Waals surface area contributed by atoms with E-state index in [0.717, 1.165) is 0 Å². The van der Waals surface area contributed by atoms with Crippen LogP contribution in [0.25, 0.3) is 0 Å². The molecule has 2 aromatic heterocycles. The number of hydrogen-bond donors (Lipinski definition) is 2. The summed E-state index contributed by atoms with van der Waals surface area (Å²) in [6.45, 7) is 0. The molecule has 1 amide bonds. The van der Waals surface area contributed by atoms with Crippen molar-refractivity contribution >= 4 is 33.6 Å². The Hall–Kier alpha value is -2.28. The van der Waals surface area contributed by atoms with Crippen molar-refractivity contribution in [3.05, 3.63) is 52.4 Å². The minimum absolute atomic E-state index is 0.0528. The van der Waals surface area contributed by atoms with Gasteiger partial charge in [-0.05, 0) is 40.2 Å². The third kappa shape index (κ3) is 3.14. The number of aromatic nitrogens is 2. The Kier molecular flexibility index (Phi) is 3.86. The number of carbonyl (C=O) groups excluding carboxylic acids is 1. The summed E-state index contributed by atoms with van der Waals surface area (Å²) in [7, 11) is 0. The summed E-state index contributed by atoms with van der Waals surface area (Å²) >= 11 is 3.22. The van der Waals surface area contributed by atoms with Crippen molar-refractivity contribution in [2.45, 2.75) is 0 Å². The lowest BCUT2D eigenvalue weighted by Gasteiger charge is -2.05. The number of anilines is 1. The lowest BCUT2D eigenvalue weighted by molar-refractivity contribution is 0.0696. The molecule has 0 saturated heterocycles. The fourth-order valence-corrected chi connectivity index (χ4v) is 1.76. The lowest BCUT2D eigenvalue weighted by Crippen LogP contribution is -2.15. The second-order valence-electron chi connectivity index (χ2n) is 3.53. The molecule has 7 heteroatoms. The minimum atomic E-state index is -1.07. The van der Waals surface area contributed by atoms with Gasteiger partial charge in [-0.25, -0.2) is 14.8 Å². The average Bonchev–Trinajstić information content (AvgIpc) is 2.39. The number of halogens is 1. The number of hydrogen-bond acceptors (Lipinski definition) is 4. The summed E-state index contributed by atoms with van der Waals surface area (Å²) in [5, 5.41) is 11.3. The van der Waals surface area contributed by atoms with E-state index < -0.39 is 11.9 Å². The quantitative estimate of drug-likeness (QED) is 0.904. The standard InChI is InChI=1S/C12H8BrN3O3/c13-8-2-1-5-14-10(8)11(17)16-9-4-3-7(6-15-9)12(18)19/h1-6H,(H,18,19)(H,15,16,17). The van der Waals surface area contributed by atoms with Crippen LogP contribution in [0.15, 0.2) is 41.1 Å². The van der Waals surface area contributed by atoms with Crippen molar-refractivity contribution in [3.8, 4) is 0 Å². The van der Waals surface area contributed by atoms with Crippen LogP contribution in [-0.4, -0.2) is 27.0 Å². The number of rotatable bonds is 3. The Bertz CT molecular complexity index is 628. The van der Waals surface area contributed by atoms with Gasteiger partial charge in [0.2, 0.25) is 0 Å². The molecule has 0 radical (unpaired) electrons. The Morgan fingerprint density at radius 1 is 1.21 bits per heavy atom. The number of carboxylic acid groups (broad SMARTS) is 1. The van der Waals surface area contributed by atoms with Crippen LogP contribution in [0.1, 0.15) is 20.8 Å². The fourth-order valence-electron chi connectivity index (χ4n) is 1.32. The molecular weight excluding hydrogens is 314 g/mol. The van der Waals surface area contributed by atoms with Gasteiger partial charge in [0.05, 0.1) is 5.56 Å². The minimum Gasteiger partial charge on any atom is -0.478 e. The van der Waals surface area contributed by atoms with Crippen LogP contribution < -0.4 is 5.32 Å². The van der Waals surface area contributed by atoms with Gasteiger partial charge in [0.25, 0.3) is 5.91 Å². The molecule has 96 valence electrons. The van der Waals surface area contributed by atoms with Gasteiger partial charge in [-0.2, -0.15) is 0 Å². The molecule has 6 nitrogen and oxygen atoms in total. The highest BCUT2D eigenvalue weighted by molar-refractivity contribution is 9.10. The van der Waals surface area contributed by atoms with Gasteiger partial charge in [0, 0.05) is 16.9 Å². The van der Waals surface area contributed by atoms with Crippen LogP contribution in [-0.2, 0) is 0 Å². The molecule has 0 unspecified atom stereocenters. The Labute approximate surface area is 116 Å². The van der Waals surface area contributed by atoms with E-state index in [1.165, 1.54) is 24.5 Å². The van der Waals surface area contributed by atoms with E-state index >= 15 is 0 Å². The third-order valence-electron chi connectivity index (χ3n) is 2.23. The van der Waals surface area contributed by atoms with Gasteiger partial charge in [0.1, 0.15) is 11.5 Å². The maximum absolute atomic E-state index is 11.9. The number of aromatic carboxylic acids is 1. The molecule has 0 spiro atoms. The van der Waals surface area contributed by atoms with Crippen LogP contribution in [0, 0.1) is 0 Å². The molecule has 0 bridgehead atoms. The third-order valence-corrected chi connectivity index (χ3v) is 2.87. The highest BCUT2D eigenvalue weighted by atomic mass is 79.9. The first-order chi connectivity index (χ1) is 9.08. The molecule has 2 N–H and O–H groups in total. The molecule has 0 aliphatic heterocycles. The normalized spacial score (nSPS) is 9.95. The van der Waals surface area contributed by atoms with Crippen molar-refractivity contribution in [1.29, 1.82) is 0 Å². The van der Waals surface area contributed by atoms with E-state index in [2.05, 4.69) is 31.2 Å². The number of amides is 1. The van der Waals surface area contributed by atoms with Crippen molar-refractivity contribution in [3.63, 3.8) is 0 Å². The largest absolute Gasteiger partial charge is 0.478 e. The zero-order chi connectivity index (χ0) is 13.8. The highest BCUT2D eigenvalue weighted by Gasteiger charge is 2.12. The molecule has 0 fully saturated rings. The Morgan fingerprint density at radius 2 is 2.00 bits per heavy atom. The fraction of sp³-hybridized carbons (Fsp3) is 0. The average molecular weight is 322 g/mol. The Morgan fingerprint density at radius 3 is 2.58 bits per heavy atom. The van der Waals surface area contributed by atoms with E-state index in [1.54, 1.807) is 12.1 Å². The Balaban J connectivity index is 2.15. The van der Waals surface area contributed by atoms with Crippen LogP contribution in [0.5, 0.6) is 0 Å². The number of carbonyl (C=O) groups is 2. The predicted octanol–water partition coefficient (Wildman–Crippen LogP) is 2.19. The van der Waals surface area contributed by atoms with Crippen molar-refractivity contribution in [2.24, 2.45) is 0 Å². The highest BCUT2D eigenvalue weighted by Crippen LogP contribution is 2.15. The molecule has 0 atom stereocenters. The first-order valence-electron chi connectivity index (χ1n) is 5.19. The first kappa shape index (κ1) is 13.2. The molecule has 2 rings (SSSR count). The molecule has 0 aliphatic rings. The van der Waals surface area contributed by atoms with E-state index in [9.17, 15) is 9.59 Å². The number of nitrogens with one attached hydrogen (secondary N) is 1. The van der Waals surface area contributed by atoms with Crippen LogP contribution in [0.4, 0.5) is 5.82 Å². The van der Waals surface area contributed by atoms with Gasteiger partial charge in [0.15, 0.2) is 0 Å². The van der Waals surface area contributed by atoms with E-state index in [1.807, 2.05) is 0 Å². The second-order valence-corrected chi connectivity index (χ2v) is 4.38. The molecule has 0 saturated carbocycles. The SMILES string of the molecule is O=C(O)c1ccc(NC(=O)c2ncccc2Br)nc1. The first-order valence-corrected chi connectivity index (χ1v) is 5.98. The zero-order valence-corrected chi connectivity index (χ0v) is 11.1. The van der Waals surface area contributed by atoms with Crippen molar-refractivity contribution < 1.29 is 14.7 Å². The predicted molar refractivity (Wildman–Crippen MR) is 71.1 cm³/mol. The molecule has 0 aliphatic carbocycles. The maximum atomic E-state index is 11.9. The number of carboxylic acids is 1. The topological polar surface area (TPSA) is 92.2 Å². The molecule has 2 aromatic rings. The summed E-state index contributed by atoms with van der Waals surface area (Å²) < 4.78 is 0.564. The summed E-state index contributed by atoms with van der Waals surface area (Å²) in [5.74, 6) is -1.24. The van der Waals surface area contributed by atoms with Crippen LogP contribution in [0.3, 0.4) is 0 Å². The molecular formula is C12H8BrN3O3. The maximum Gasteiger partial charge on any atom is 0.337 e. The smallest absolute Gasteiger partial charge is 0.337 e. The van der Waals surface area contributed by atoms with E-state index in [4.69, 9.17) is 5.11 Å². The molecule has 2 heterocycles. The van der Waals surface area contributed by atoms with Gasteiger partial charge in [-0.3, -0.25) is 4.79 Å². The van der Waals surface area contributed by atoms with Gasteiger partial charge < -0.3 is 10.4 Å². The molecule has 0 aromatic carbocycles. The summed E-state index contributed by atoms with van der Waals surface area (Å²) in [4.78, 5) is 30.3. The van der Waals surface area contributed by atoms with Crippen LogP contribution in [0.2, 0.25) is 0 Å². The lowest BCUT2D eigenvalue weighted by atomic mass is 10.3. The van der Waals surface area contributed by atoms with E-state index in [-0.39, 0.29) is 17.1 Å². The zero-order valence-electron chi connectivity index (χ0n) is 9.50. The monoisotopic (exact) mass is 321 g/mol. The van der Waals surface area contributed by atoms with Crippen molar-refractivity contribution in [1.82, 2.24) is 9.97 Å². The van der Waals surface area contributed by atoms with E-state index in [0.29, 0.717) is 4.47 Å². The van der Waals surface area contributed by atoms with Gasteiger partial charge in [-0.15, -0.1) is 0 Å². The van der Waals surface area contributed by atoms with Gasteiger partial charge >= 0.3 is 5.97 Å². The van der Waals surface area contributed by atoms with Crippen molar-refractivity contribution in [2.75, 3.05) is 5.32 Å². The summed E-state index contributed by atoms with van der Waals surface area (Å²) in [6, 6.07) is 6.17. The molecule has 19 heavy (non-hydrogen) atoms.